The zero-order valence-electron chi connectivity index (χ0n) is 24.7. The Bertz CT molecular complexity index is 1390. The molecule has 2 aromatic carbocycles. The van der Waals surface area contributed by atoms with E-state index in [4.69, 9.17) is 9.72 Å². The summed E-state index contributed by atoms with van der Waals surface area (Å²) in [4.78, 5) is 10.2. The number of imidazole rings is 1. The lowest BCUT2D eigenvalue weighted by atomic mass is 9.92. The van der Waals surface area contributed by atoms with Crippen LogP contribution in [0.3, 0.4) is 0 Å². The highest BCUT2D eigenvalue weighted by Gasteiger charge is 2.30. The maximum absolute atomic E-state index is 5.43. The van der Waals surface area contributed by atoms with E-state index in [1.54, 1.807) is 7.11 Å². The van der Waals surface area contributed by atoms with Crippen LogP contribution >= 0.6 is 0 Å². The number of nitrogens with zero attached hydrogens (tertiary/aromatic N) is 7. The fraction of sp³-hybridized carbons (Fsp3) is 0.484. The van der Waals surface area contributed by atoms with E-state index < -0.39 is 0 Å². The van der Waals surface area contributed by atoms with Crippen LogP contribution < -0.4 is 4.90 Å². The van der Waals surface area contributed by atoms with Gasteiger partial charge in [-0.2, -0.15) is 0 Å². The van der Waals surface area contributed by atoms with Crippen molar-refractivity contribution in [2.45, 2.75) is 54.1 Å². The molecule has 3 heterocycles. The summed E-state index contributed by atoms with van der Waals surface area (Å²) in [5.41, 5.74) is 5.90. The van der Waals surface area contributed by atoms with Gasteiger partial charge in [-0.1, -0.05) is 83.1 Å². The van der Waals surface area contributed by atoms with Crippen LogP contribution in [0.2, 0.25) is 0 Å². The number of ether oxygens (including phenoxy) is 1. The first-order valence-corrected chi connectivity index (χ1v) is 14.2. The van der Waals surface area contributed by atoms with Gasteiger partial charge in [0.1, 0.15) is 5.82 Å². The number of nitrogens with one attached hydrogen (secondary N) is 1. The van der Waals surface area contributed by atoms with Crippen molar-refractivity contribution in [1.82, 2.24) is 35.1 Å². The molecule has 5 rings (SSSR count). The van der Waals surface area contributed by atoms with E-state index in [1.807, 2.05) is 18.2 Å². The molecule has 0 spiro atoms. The Labute approximate surface area is 237 Å². The monoisotopic (exact) mass is 542 g/mol. The third-order valence-corrected chi connectivity index (χ3v) is 7.19. The van der Waals surface area contributed by atoms with Gasteiger partial charge in [0, 0.05) is 45.3 Å². The molecule has 4 aromatic rings. The zero-order chi connectivity index (χ0) is 28.3. The molecule has 0 saturated heterocycles. The van der Waals surface area contributed by atoms with E-state index in [1.165, 1.54) is 11.3 Å². The summed E-state index contributed by atoms with van der Waals surface area (Å²) in [7, 11) is 1.78. The molecule has 1 aliphatic heterocycles. The average Bonchev–Trinajstić information content (AvgIpc) is 3.56. The van der Waals surface area contributed by atoms with Crippen LogP contribution in [-0.4, -0.2) is 68.6 Å². The normalized spacial score (nSPS) is 14.2. The Hall–Kier alpha value is -3.56. The van der Waals surface area contributed by atoms with E-state index >= 15 is 0 Å². The molecule has 1 N–H and O–H groups in total. The Balaban J connectivity index is 1.48. The second-order valence-corrected chi connectivity index (χ2v) is 12.4. The minimum atomic E-state index is 0.132. The summed E-state index contributed by atoms with van der Waals surface area (Å²) in [6, 6.07) is 17.1. The molecule has 0 amide bonds. The lowest BCUT2D eigenvalue weighted by Gasteiger charge is -2.37. The van der Waals surface area contributed by atoms with Gasteiger partial charge in [-0.25, -0.2) is 10.1 Å². The maximum atomic E-state index is 5.43. The van der Waals surface area contributed by atoms with Crippen LogP contribution in [0.1, 0.15) is 51.7 Å². The summed E-state index contributed by atoms with van der Waals surface area (Å²) >= 11 is 0. The first-order valence-electron chi connectivity index (χ1n) is 14.2. The summed E-state index contributed by atoms with van der Waals surface area (Å²) < 4.78 is 7.90. The van der Waals surface area contributed by atoms with Crippen LogP contribution in [0.15, 0.2) is 48.5 Å². The molecule has 40 heavy (non-hydrogen) atoms. The summed E-state index contributed by atoms with van der Waals surface area (Å²) in [5, 5.41) is 14.5. The molecule has 0 bridgehead atoms. The first-order chi connectivity index (χ1) is 19.2. The molecule has 0 aliphatic carbocycles. The van der Waals surface area contributed by atoms with Crippen molar-refractivity contribution in [3.8, 4) is 22.5 Å². The predicted octanol–water partition coefficient (Wildman–Crippen LogP) is 5.25. The Morgan fingerprint density at radius 3 is 2.42 bits per heavy atom. The highest BCUT2D eigenvalue weighted by molar-refractivity contribution is 5.80. The lowest BCUT2D eigenvalue weighted by Crippen LogP contribution is -2.45. The average molecular weight is 543 g/mol. The molecule has 0 atom stereocenters. The number of hydrogen-bond acceptors (Lipinski definition) is 7. The molecule has 0 unspecified atom stereocenters. The van der Waals surface area contributed by atoms with Gasteiger partial charge in [-0.3, -0.25) is 4.90 Å². The quantitative estimate of drug-likeness (QED) is 0.293. The van der Waals surface area contributed by atoms with Crippen LogP contribution in [0.5, 0.6) is 0 Å². The van der Waals surface area contributed by atoms with Crippen LogP contribution in [0, 0.1) is 11.3 Å². The molecule has 9 heteroatoms. The predicted molar refractivity (Wildman–Crippen MR) is 159 cm³/mol. The number of benzene rings is 2. The fourth-order valence-corrected chi connectivity index (χ4v) is 5.44. The van der Waals surface area contributed by atoms with Crippen molar-refractivity contribution in [3.63, 3.8) is 0 Å². The van der Waals surface area contributed by atoms with Crippen LogP contribution in [0.25, 0.3) is 22.5 Å². The van der Waals surface area contributed by atoms with Crippen LogP contribution in [-0.2, 0) is 24.2 Å². The summed E-state index contributed by atoms with van der Waals surface area (Å²) in [6.07, 6.45) is 0.921. The molecular weight excluding hydrogens is 500 g/mol. The number of H-pyrrole nitrogens is 1. The lowest BCUT2D eigenvalue weighted by molar-refractivity contribution is 0.138. The molecule has 1 aliphatic rings. The van der Waals surface area contributed by atoms with Crippen molar-refractivity contribution < 1.29 is 4.74 Å². The minimum absolute atomic E-state index is 0.132. The number of tetrazole rings is 1. The second-order valence-electron chi connectivity index (χ2n) is 12.4. The Morgan fingerprint density at radius 2 is 1.77 bits per heavy atom. The standard InChI is InChI=1S/C31H42N8O/c1-22(2)18-38-21-37(15-16-40-6)20-27-30(38)32-28(17-31(3,4)5)39(27)19-23-11-13-24(14-12-23)25-9-7-8-10-26(25)29-33-35-36-34-29/h7-14,22H,15-21H2,1-6H3,(H,33,34,35,36). The minimum Gasteiger partial charge on any atom is -0.383 e. The van der Waals surface area contributed by atoms with Gasteiger partial charge in [0.05, 0.1) is 19.0 Å². The molecule has 0 saturated carbocycles. The smallest absolute Gasteiger partial charge is 0.180 e. The number of rotatable bonds is 10. The molecule has 212 valence electrons. The largest absolute Gasteiger partial charge is 0.383 e. The zero-order valence-corrected chi connectivity index (χ0v) is 24.7. The van der Waals surface area contributed by atoms with Crippen molar-refractivity contribution in [1.29, 1.82) is 0 Å². The SMILES string of the molecule is COCCN1Cc2c(nc(CC(C)(C)C)n2Cc2ccc(-c3ccccc3-c3nnn[nH]3)cc2)N(CC(C)C)C1. The molecular formula is C31H42N8O. The molecule has 0 radical (unpaired) electrons. The third-order valence-electron chi connectivity index (χ3n) is 7.19. The van der Waals surface area contributed by atoms with Crippen molar-refractivity contribution in [2.24, 2.45) is 11.3 Å². The van der Waals surface area contributed by atoms with Gasteiger partial charge in [0.15, 0.2) is 11.6 Å². The third kappa shape index (κ3) is 6.42. The van der Waals surface area contributed by atoms with Crippen LogP contribution in [0.4, 0.5) is 5.82 Å². The number of anilines is 1. The van der Waals surface area contributed by atoms with E-state index in [2.05, 4.69) is 99.9 Å². The highest BCUT2D eigenvalue weighted by atomic mass is 16.5. The second kappa shape index (κ2) is 11.9. The summed E-state index contributed by atoms with van der Waals surface area (Å²) in [5.74, 6) is 3.52. The molecule has 0 fully saturated rings. The van der Waals surface area contributed by atoms with Gasteiger partial charge in [-0.05, 0) is 38.5 Å². The number of aromatic nitrogens is 6. The van der Waals surface area contributed by atoms with E-state index in [9.17, 15) is 0 Å². The van der Waals surface area contributed by atoms with Crippen molar-refractivity contribution >= 4 is 5.82 Å². The number of fused-ring (bicyclic) bond motifs is 1. The topological polar surface area (TPSA) is 88.0 Å². The molecule has 9 nitrogen and oxygen atoms in total. The van der Waals surface area contributed by atoms with Gasteiger partial charge in [0.25, 0.3) is 0 Å². The number of hydrogen-bond donors (Lipinski definition) is 1. The number of methoxy groups -OCH3 is 1. The Kier molecular flexibility index (Phi) is 8.32. The van der Waals surface area contributed by atoms with Crippen molar-refractivity contribution in [3.05, 3.63) is 65.6 Å². The maximum Gasteiger partial charge on any atom is 0.180 e. The van der Waals surface area contributed by atoms with E-state index in [-0.39, 0.29) is 5.41 Å². The fourth-order valence-electron chi connectivity index (χ4n) is 5.44. The van der Waals surface area contributed by atoms with E-state index in [0.717, 1.165) is 74.2 Å². The Morgan fingerprint density at radius 1 is 1.02 bits per heavy atom. The molecule has 2 aromatic heterocycles. The van der Waals surface area contributed by atoms with Crippen molar-refractivity contribution in [2.75, 3.05) is 38.4 Å². The highest BCUT2D eigenvalue weighted by Crippen LogP contribution is 2.33. The van der Waals surface area contributed by atoms with Gasteiger partial charge < -0.3 is 14.2 Å². The van der Waals surface area contributed by atoms with Gasteiger partial charge in [-0.15, -0.1) is 5.10 Å². The first kappa shape index (κ1) is 28.0. The van der Waals surface area contributed by atoms with Gasteiger partial charge >= 0.3 is 0 Å². The van der Waals surface area contributed by atoms with Gasteiger partial charge in [0.2, 0.25) is 0 Å². The summed E-state index contributed by atoms with van der Waals surface area (Å²) in [6.45, 7) is 16.6. The number of aromatic amines is 1. The van der Waals surface area contributed by atoms with E-state index in [0.29, 0.717) is 11.7 Å².